The van der Waals surface area contributed by atoms with Crippen molar-refractivity contribution >= 4 is 5.69 Å². The number of nitrogens with one attached hydrogen (secondary N) is 1. The van der Waals surface area contributed by atoms with E-state index in [1.165, 1.54) is 43.6 Å². The predicted octanol–water partition coefficient (Wildman–Crippen LogP) is 3.15. The Morgan fingerprint density at radius 1 is 1.18 bits per heavy atom. The molecule has 1 aromatic rings. The highest BCUT2D eigenvalue weighted by atomic mass is 15.2. The lowest BCUT2D eigenvalue weighted by atomic mass is 9.98. The smallest absolute Gasteiger partial charge is 0.0373 e. The molecule has 0 saturated heterocycles. The predicted molar refractivity (Wildman–Crippen MR) is 74.6 cm³/mol. The number of nitrogens with zero attached hydrogens (tertiary/aromatic N) is 1. The summed E-state index contributed by atoms with van der Waals surface area (Å²) in [6.07, 6.45) is 3.69. The molecule has 0 bridgehead atoms. The molecule has 0 amide bonds. The van der Waals surface area contributed by atoms with Gasteiger partial charge in [0.1, 0.15) is 0 Å². The van der Waals surface area contributed by atoms with Crippen molar-refractivity contribution in [3.63, 3.8) is 0 Å². The highest BCUT2D eigenvalue weighted by molar-refractivity contribution is 5.53. The van der Waals surface area contributed by atoms with Gasteiger partial charge >= 0.3 is 0 Å². The minimum atomic E-state index is 0.671. The van der Waals surface area contributed by atoms with Gasteiger partial charge < -0.3 is 5.32 Å². The quantitative estimate of drug-likeness (QED) is 0.839. The standard InChI is InChI=1S/C15H24N2/c1-3-9-17(10-4-2)14-11-13-7-5-6-8-15(13)16-12-14/h5-8,14,16H,3-4,9-12H2,1-2H3/t14-/m0/s1. The first-order valence-electron chi connectivity index (χ1n) is 6.91. The topological polar surface area (TPSA) is 15.3 Å². The minimum Gasteiger partial charge on any atom is -0.383 e. The van der Waals surface area contributed by atoms with Gasteiger partial charge in [0.15, 0.2) is 0 Å². The van der Waals surface area contributed by atoms with Crippen LogP contribution in [0.3, 0.4) is 0 Å². The van der Waals surface area contributed by atoms with E-state index in [2.05, 4.69) is 48.3 Å². The van der Waals surface area contributed by atoms with Crippen molar-refractivity contribution in [2.24, 2.45) is 0 Å². The van der Waals surface area contributed by atoms with Crippen LogP contribution in [0.15, 0.2) is 24.3 Å². The molecule has 0 aromatic heterocycles. The van der Waals surface area contributed by atoms with Crippen LogP contribution in [-0.2, 0) is 6.42 Å². The summed E-state index contributed by atoms with van der Waals surface area (Å²) in [5.41, 5.74) is 2.80. The maximum atomic E-state index is 3.57. The summed E-state index contributed by atoms with van der Waals surface area (Å²) in [6, 6.07) is 9.37. The van der Waals surface area contributed by atoms with Gasteiger partial charge in [-0.25, -0.2) is 0 Å². The second kappa shape index (κ2) is 6.06. The fourth-order valence-electron chi connectivity index (χ4n) is 2.73. The molecule has 0 saturated carbocycles. The molecule has 2 heteroatoms. The number of anilines is 1. The number of para-hydroxylation sites is 1. The minimum absolute atomic E-state index is 0.671. The molecule has 1 N–H and O–H groups in total. The van der Waals surface area contributed by atoms with Crippen LogP contribution in [0.5, 0.6) is 0 Å². The van der Waals surface area contributed by atoms with E-state index in [1.54, 1.807) is 0 Å². The van der Waals surface area contributed by atoms with Gasteiger partial charge in [-0.15, -0.1) is 0 Å². The van der Waals surface area contributed by atoms with E-state index in [0.717, 1.165) is 6.54 Å². The normalized spacial score (nSPS) is 18.9. The second-order valence-corrected chi connectivity index (χ2v) is 4.93. The number of fused-ring (bicyclic) bond motifs is 1. The molecule has 94 valence electrons. The summed E-state index contributed by atoms with van der Waals surface area (Å²) in [5, 5.41) is 3.57. The first-order chi connectivity index (χ1) is 8.35. The van der Waals surface area contributed by atoms with Crippen LogP contribution < -0.4 is 5.32 Å². The fraction of sp³-hybridized carbons (Fsp3) is 0.600. The first-order valence-corrected chi connectivity index (χ1v) is 6.91. The molecule has 0 spiro atoms. The highest BCUT2D eigenvalue weighted by Crippen LogP contribution is 2.23. The summed E-state index contributed by atoms with van der Waals surface area (Å²) in [7, 11) is 0. The third-order valence-corrected chi connectivity index (χ3v) is 3.54. The summed E-state index contributed by atoms with van der Waals surface area (Å²) in [4.78, 5) is 2.64. The first kappa shape index (κ1) is 12.4. The number of hydrogen-bond acceptors (Lipinski definition) is 2. The highest BCUT2D eigenvalue weighted by Gasteiger charge is 2.22. The van der Waals surface area contributed by atoms with Crippen LogP contribution in [0.2, 0.25) is 0 Å². The van der Waals surface area contributed by atoms with Gasteiger partial charge in [-0.1, -0.05) is 32.0 Å². The molecule has 1 aliphatic heterocycles. The van der Waals surface area contributed by atoms with E-state index in [9.17, 15) is 0 Å². The molecule has 1 atom stereocenters. The zero-order chi connectivity index (χ0) is 12.1. The lowest BCUT2D eigenvalue weighted by Crippen LogP contribution is -2.44. The van der Waals surface area contributed by atoms with E-state index < -0.39 is 0 Å². The third kappa shape index (κ3) is 3.01. The van der Waals surface area contributed by atoms with E-state index in [4.69, 9.17) is 0 Å². The van der Waals surface area contributed by atoms with Gasteiger partial charge in [0.05, 0.1) is 0 Å². The summed E-state index contributed by atoms with van der Waals surface area (Å²) in [5.74, 6) is 0. The Balaban J connectivity index is 2.04. The summed E-state index contributed by atoms with van der Waals surface area (Å²) >= 11 is 0. The summed E-state index contributed by atoms with van der Waals surface area (Å²) in [6.45, 7) is 8.08. The molecular weight excluding hydrogens is 208 g/mol. The second-order valence-electron chi connectivity index (χ2n) is 4.93. The fourth-order valence-corrected chi connectivity index (χ4v) is 2.73. The van der Waals surface area contributed by atoms with Gasteiger partial charge in [-0.05, 0) is 44.0 Å². The van der Waals surface area contributed by atoms with E-state index in [-0.39, 0.29) is 0 Å². The van der Waals surface area contributed by atoms with Crippen LogP contribution in [0.4, 0.5) is 5.69 Å². The molecule has 1 aromatic carbocycles. The van der Waals surface area contributed by atoms with Gasteiger partial charge in [0, 0.05) is 18.3 Å². The van der Waals surface area contributed by atoms with Crippen LogP contribution in [0.1, 0.15) is 32.3 Å². The average molecular weight is 232 g/mol. The zero-order valence-electron chi connectivity index (χ0n) is 11.1. The Kier molecular flexibility index (Phi) is 4.43. The molecule has 0 aliphatic carbocycles. The number of hydrogen-bond donors (Lipinski definition) is 1. The van der Waals surface area contributed by atoms with Crippen molar-refractivity contribution in [2.75, 3.05) is 25.0 Å². The van der Waals surface area contributed by atoms with Crippen LogP contribution in [0.25, 0.3) is 0 Å². The zero-order valence-corrected chi connectivity index (χ0v) is 11.1. The van der Waals surface area contributed by atoms with Crippen molar-refractivity contribution in [1.82, 2.24) is 4.90 Å². The maximum Gasteiger partial charge on any atom is 0.0373 e. The monoisotopic (exact) mass is 232 g/mol. The lowest BCUT2D eigenvalue weighted by Gasteiger charge is -2.35. The van der Waals surface area contributed by atoms with Crippen LogP contribution >= 0.6 is 0 Å². The SMILES string of the molecule is CCCN(CCC)[C@@H]1CNc2ccccc2C1. The average Bonchev–Trinajstić information content (AvgIpc) is 2.38. The van der Waals surface area contributed by atoms with Crippen molar-refractivity contribution in [1.29, 1.82) is 0 Å². The van der Waals surface area contributed by atoms with E-state index in [0.29, 0.717) is 6.04 Å². The molecule has 2 rings (SSSR count). The van der Waals surface area contributed by atoms with Crippen LogP contribution in [-0.4, -0.2) is 30.6 Å². The van der Waals surface area contributed by atoms with Gasteiger partial charge in [-0.3, -0.25) is 4.90 Å². The molecular formula is C15H24N2. The Morgan fingerprint density at radius 3 is 2.59 bits per heavy atom. The number of rotatable bonds is 5. The lowest BCUT2D eigenvalue weighted by molar-refractivity contribution is 0.200. The summed E-state index contributed by atoms with van der Waals surface area (Å²) < 4.78 is 0. The molecule has 0 fully saturated rings. The molecule has 0 radical (unpaired) electrons. The third-order valence-electron chi connectivity index (χ3n) is 3.54. The molecule has 1 aliphatic rings. The van der Waals surface area contributed by atoms with Crippen molar-refractivity contribution in [3.05, 3.63) is 29.8 Å². The largest absolute Gasteiger partial charge is 0.383 e. The molecule has 1 heterocycles. The molecule has 2 nitrogen and oxygen atoms in total. The van der Waals surface area contributed by atoms with E-state index in [1.807, 2.05) is 0 Å². The van der Waals surface area contributed by atoms with Crippen LogP contribution in [0, 0.1) is 0 Å². The Morgan fingerprint density at radius 2 is 1.88 bits per heavy atom. The Hall–Kier alpha value is -1.02. The van der Waals surface area contributed by atoms with Crippen molar-refractivity contribution in [2.45, 2.75) is 39.2 Å². The Bertz CT molecular complexity index is 343. The van der Waals surface area contributed by atoms with Crippen molar-refractivity contribution < 1.29 is 0 Å². The van der Waals surface area contributed by atoms with Crippen molar-refractivity contribution in [3.8, 4) is 0 Å². The van der Waals surface area contributed by atoms with Gasteiger partial charge in [-0.2, -0.15) is 0 Å². The maximum absolute atomic E-state index is 3.57. The Labute approximate surface area is 105 Å². The van der Waals surface area contributed by atoms with E-state index >= 15 is 0 Å². The van der Waals surface area contributed by atoms with Gasteiger partial charge in [0.2, 0.25) is 0 Å². The van der Waals surface area contributed by atoms with Gasteiger partial charge in [0.25, 0.3) is 0 Å². The molecule has 17 heavy (non-hydrogen) atoms. The molecule has 0 unspecified atom stereocenters. The number of benzene rings is 1.